The lowest BCUT2D eigenvalue weighted by Crippen LogP contribution is -2.25. The fourth-order valence-electron chi connectivity index (χ4n) is 4.41. The van der Waals surface area contributed by atoms with Crippen LogP contribution in [0.5, 0.6) is 5.75 Å². The Bertz CT molecular complexity index is 1600. The third-order valence-electron chi connectivity index (χ3n) is 6.89. The third-order valence-corrected chi connectivity index (χ3v) is 6.89. The van der Waals surface area contributed by atoms with E-state index in [1.807, 2.05) is 37.3 Å². The van der Waals surface area contributed by atoms with Crippen molar-refractivity contribution in [2.45, 2.75) is 45.9 Å². The summed E-state index contributed by atoms with van der Waals surface area (Å²) in [6.07, 6.45) is 3.14. The van der Waals surface area contributed by atoms with Crippen LogP contribution in [0.15, 0.2) is 100 Å². The zero-order valence-electron chi connectivity index (χ0n) is 23.2. The van der Waals surface area contributed by atoms with E-state index in [4.69, 9.17) is 13.6 Å². The van der Waals surface area contributed by atoms with Crippen molar-refractivity contribution in [3.63, 3.8) is 0 Å². The number of carbonyl (C=O) groups excluding carboxylic acids is 2. The van der Waals surface area contributed by atoms with Gasteiger partial charge in [-0.15, -0.1) is 0 Å². The monoisotopic (exact) mass is 552 g/mol. The molecule has 9 nitrogen and oxygen atoms in total. The summed E-state index contributed by atoms with van der Waals surface area (Å²) >= 11 is 0. The van der Waals surface area contributed by atoms with E-state index in [1.54, 1.807) is 35.1 Å². The lowest BCUT2D eigenvalue weighted by atomic mass is 9.78. The molecule has 3 heterocycles. The number of ether oxygens (including phenoxy) is 1. The minimum atomic E-state index is -0.500. The maximum atomic E-state index is 12.9. The van der Waals surface area contributed by atoms with Crippen molar-refractivity contribution in [1.82, 2.24) is 15.1 Å². The van der Waals surface area contributed by atoms with Gasteiger partial charge in [-0.25, -0.2) is 0 Å². The molecule has 2 aromatic carbocycles. The van der Waals surface area contributed by atoms with Crippen molar-refractivity contribution in [3.8, 4) is 5.75 Å². The Balaban J connectivity index is 1.19. The molecule has 0 saturated heterocycles. The molecule has 0 aliphatic heterocycles. The minimum Gasteiger partial charge on any atom is -0.486 e. The quantitative estimate of drug-likeness (QED) is 0.203. The van der Waals surface area contributed by atoms with Crippen LogP contribution in [0.4, 0.5) is 5.69 Å². The van der Waals surface area contributed by atoms with E-state index < -0.39 is 11.8 Å². The van der Waals surface area contributed by atoms with Gasteiger partial charge in [0.15, 0.2) is 11.5 Å². The molecule has 5 aromatic rings. The van der Waals surface area contributed by atoms with Gasteiger partial charge in [0.05, 0.1) is 18.5 Å². The first-order valence-electron chi connectivity index (χ1n) is 13.4. The highest BCUT2D eigenvalue weighted by Gasteiger charge is 2.23. The summed E-state index contributed by atoms with van der Waals surface area (Å²) in [5.74, 6) is 0.947. The number of benzene rings is 2. The van der Waals surface area contributed by atoms with Gasteiger partial charge in [0.1, 0.15) is 23.9 Å². The zero-order chi connectivity index (χ0) is 28.8. The summed E-state index contributed by atoms with van der Waals surface area (Å²) in [4.78, 5) is 25.7. The molecule has 0 fully saturated rings. The number of amides is 2. The van der Waals surface area contributed by atoms with Gasteiger partial charge in [-0.2, -0.15) is 5.10 Å². The summed E-state index contributed by atoms with van der Waals surface area (Å²) in [6, 6.07) is 25.1. The first kappa shape index (κ1) is 27.5. The van der Waals surface area contributed by atoms with E-state index in [0.717, 1.165) is 0 Å². The molecule has 0 spiro atoms. The number of aromatic nitrogens is 2. The Hall–Kier alpha value is -5.05. The molecule has 0 aliphatic carbocycles. The second kappa shape index (κ2) is 12.0. The molecule has 0 bridgehead atoms. The fraction of sp³-hybridized carbons (Fsp3) is 0.219. The number of aryl methyl sites for hydroxylation is 1. The van der Waals surface area contributed by atoms with Gasteiger partial charge in [-0.1, -0.05) is 56.3 Å². The Morgan fingerprint density at radius 3 is 2.37 bits per heavy atom. The SMILES string of the molecule is CCn1cc(NC(=O)c2ccc(COc3ccc(C(C)(C)c4ccccc4)cc3)o2)c(C(=O)NCc2ccco2)n1. The van der Waals surface area contributed by atoms with Crippen LogP contribution in [0, 0.1) is 0 Å². The zero-order valence-corrected chi connectivity index (χ0v) is 23.2. The summed E-state index contributed by atoms with van der Waals surface area (Å²) in [6.45, 7) is 7.16. The molecular weight excluding hydrogens is 520 g/mol. The number of nitrogens with one attached hydrogen (secondary N) is 2. The van der Waals surface area contributed by atoms with E-state index in [2.05, 4.69) is 53.8 Å². The number of nitrogens with zero attached hydrogens (tertiary/aromatic N) is 2. The number of anilines is 1. The van der Waals surface area contributed by atoms with Crippen LogP contribution >= 0.6 is 0 Å². The van der Waals surface area contributed by atoms with E-state index in [9.17, 15) is 9.59 Å². The van der Waals surface area contributed by atoms with Crippen molar-refractivity contribution in [2.75, 3.05) is 5.32 Å². The van der Waals surface area contributed by atoms with Gasteiger partial charge >= 0.3 is 0 Å². The molecule has 3 aromatic heterocycles. The highest BCUT2D eigenvalue weighted by Crippen LogP contribution is 2.32. The molecule has 0 unspecified atom stereocenters. The van der Waals surface area contributed by atoms with Crippen LogP contribution in [-0.2, 0) is 25.1 Å². The van der Waals surface area contributed by atoms with E-state index >= 15 is 0 Å². The van der Waals surface area contributed by atoms with E-state index in [0.29, 0.717) is 23.8 Å². The predicted octanol–water partition coefficient (Wildman–Crippen LogP) is 6.18. The first-order valence-corrected chi connectivity index (χ1v) is 13.4. The molecule has 0 radical (unpaired) electrons. The summed E-state index contributed by atoms with van der Waals surface area (Å²) in [5, 5.41) is 9.77. The molecular formula is C32H32N4O5. The molecule has 41 heavy (non-hydrogen) atoms. The molecule has 2 amide bonds. The number of hydrogen-bond acceptors (Lipinski definition) is 6. The van der Waals surface area contributed by atoms with Crippen LogP contribution in [0.1, 0.15) is 64.5 Å². The Labute approximate surface area is 238 Å². The first-order chi connectivity index (χ1) is 19.8. The molecule has 210 valence electrons. The molecule has 0 saturated carbocycles. The second-order valence-electron chi connectivity index (χ2n) is 10.0. The van der Waals surface area contributed by atoms with E-state index in [-0.39, 0.29) is 35.7 Å². The largest absolute Gasteiger partial charge is 0.486 e. The van der Waals surface area contributed by atoms with Gasteiger partial charge < -0.3 is 24.2 Å². The third kappa shape index (κ3) is 6.41. The highest BCUT2D eigenvalue weighted by atomic mass is 16.5. The normalized spacial score (nSPS) is 11.3. The highest BCUT2D eigenvalue weighted by molar-refractivity contribution is 6.07. The van der Waals surface area contributed by atoms with Gasteiger partial charge in [0.25, 0.3) is 11.8 Å². The van der Waals surface area contributed by atoms with Crippen molar-refractivity contribution in [3.05, 3.63) is 125 Å². The van der Waals surface area contributed by atoms with Crippen molar-refractivity contribution in [1.29, 1.82) is 0 Å². The van der Waals surface area contributed by atoms with Gasteiger partial charge in [0.2, 0.25) is 0 Å². The van der Waals surface area contributed by atoms with Crippen molar-refractivity contribution in [2.24, 2.45) is 0 Å². The van der Waals surface area contributed by atoms with Crippen LogP contribution in [0.25, 0.3) is 0 Å². The lowest BCUT2D eigenvalue weighted by molar-refractivity contribution is 0.0943. The average Bonchev–Trinajstić information content (AvgIpc) is 3.77. The Morgan fingerprint density at radius 1 is 0.902 bits per heavy atom. The topological polar surface area (TPSA) is 112 Å². The molecule has 5 rings (SSSR count). The number of carbonyl (C=O) groups is 2. The summed E-state index contributed by atoms with van der Waals surface area (Å²) in [5.41, 5.74) is 2.64. The Morgan fingerprint density at radius 2 is 1.66 bits per heavy atom. The van der Waals surface area contributed by atoms with Crippen LogP contribution in [-0.4, -0.2) is 21.6 Å². The van der Waals surface area contributed by atoms with Crippen LogP contribution < -0.4 is 15.4 Å². The minimum absolute atomic E-state index is 0.0924. The standard InChI is InChI=1S/C32H32N4O5/c1-4-36-20-27(29(35-36)31(38)33-19-25-11-8-18-39-25)34-30(37)28-17-16-26(41-28)21-40-24-14-12-23(13-15-24)32(2,3)22-9-6-5-7-10-22/h5-18,20H,4,19,21H2,1-3H3,(H,33,38)(H,34,37). The van der Waals surface area contributed by atoms with Gasteiger partial charge in [-0.3, -0.25) is 14.3 Å². The molecule has 9 heteroatoms. The van der Waals surface area contributed by atoms with Crippen LogP contribution in [0.2, 0.25) is 0 Å². The fourth-order valence-corrected chi connectivity index (χ4v) is 4.41. The summed E-state index contributed by atoms with van der Waals surface area (Å²) in [7, 11) is 0. The lowest BCUT2D eigenvalue weighted by Gasteiger charge is -2.26. The van der Waals surface area contributed by atoms with Crippen LogP contribution in [0.3, 0.4) is 0 Å². The average molecular weight is 553 g/mol. The van der Waals surface area contributed by atoms with Gasteiger partial charge in [-0.05, 0) is 54.4 Å². The second-order valence-corrected chi connectivity index (χ2v) is 10.0. The maximum Gasteiger partial charge on any atom is 0.291 e. The molecule has 0 aliphatic rings. The summed E-state index contributed by atoms with van der Waals surface area (Å²) < 4.78 is 18.5. The number of hydrogen-bond donors (Lipinski definition) is 2. The number of furan rings is 2. The predicted molar refractivity (Wildman–Crippen MR) is 154 cm³/mol. The maximum absolute atomic E-state index is 12.9. The Kier molecular flexibility index (Phi) is 8.05. The number of rotatable bonds is 11. The van der Waals surface area contributed by atoms with Crippen molar-refractivity contribution >= 4 is 17.5 Å². The van der Waals surface area contributed by atoms with Gasteiger partial charge in [0, 0.05) is 18.2 Å². The van der Waals surface area contributed by atoms with E-state index in [1.165, 1.54) is 17.4 Å². The molecule has 2 N–H and O–H groups in total. The molecule has 0 atom stereocenters. The smallest absolute Gasteiger partial charge is 0.291 e. The van der Waals surface area contributed by atoms with Crippen molar-refractivity contribution < 1.29 is 23.2 Å².